The number of ether oxygens (including phenoxy) is 1. The Hall–Kier alpha value is -2.08. The lowest BCUT2D eigenvalue weighted by Gasteiger charge is -2.16. The van der Waals surface area contributed by atoms with E-state index in [0.717, 1.165) is 5.56 Å². The number of hydrogen-bond acceptors (Lipinski definition) is 4. The zero-order chi connectivity index (χ0) is 15.7. The van der Waals surface area contributed by atoms with Gasteiger partial charge in [-0.1, -0.05) is 12.1 Å². The Balaban J connectivity index is 2.30. The first-order valence-electron chi connectivity index (χ1n) is 6.87. The smallest absolute Gasteiger partial charge is 0.239 e. The number of benzene rings is 1. The second kappa shape index (κ2) is 8.97. The molecule has 1 aromatic carbocycles. The van der Waals surface area contributed by atoms with E-state index < -0.39 is 0 Å². The number of hydrogen-bond donors (Lipinski definition) is 2. The molecule has 3 N–H and O–H groups in total. The maximum Gasteiger partial charge on any atom is 0.239 e. The van der Waals surface area contributed by atoms with E-state index in [4.69, 9.17) is 10.5 Å². The van der Waals surface area contributed by atoms with Crippen LogP contribution in [0, 0.1) is 0 Å². The molecule has 21 heavy (non-hydrogen) atoms. The van der Waals surface area contributed by atoms with Gasteiger partial charge in [0.25, 0.3) is 0 Å². The minimum atomic E-state index is -0.185. The molecule has 0 fully saturated rings. The number of likely N-dealkylation sites (N-methyl/N-ethyl adjacent to an activating group) is 1. The second-order valence-electron chi connectivity index (χ2n) is 4.83. The maximum absolute atomic E-state index is 11.9. The molecule has 0 radical (unpaired) electrons. The van der Waals surface area contributed by atoms with E-state index in [1.807, 2.05) is 24.3 Å². The van der Waals surface area contributed by atoms with Gasteiger partial charge in [0, 0.05) is 32.8 Å². The summed E-state index contributed by atoms with van der Waals surface area (Å²) in [7, 11) is 3.19. The average molecular weight is 293 g/mol. The number of amides is 2. The van der Waals surface area contributed by atoms with E-state index in [-0.39, 0.29) is 18.4 Å². The minimum absolute atomic E-state index is 0.0598. The highest BCUT2D eigenvalue weighted by molar-refractivity contribution is 5.84. The van der Waals surface area contributed by atoms with E-state index in [9.17, 15) is 9.59 Å². The van der Waals surface area contributed by atoms with Gasteiger partial charge < -0.3 is 20.7 Å². The van der Waals surface area contributed by atoms with Crippen LogP contribution in [0.25, 0.3) is 0 Å². The largest absolute Gasteiger partial charge is 0.399 e. The SMILES string of the molecule is COCCNC(=O)CN(C)C(=O)CCc1ccc(N)cc1. The number of rotatable bonds is 8. The molecule has 6 heteroatoms. The van der Waals surface area contributed by atoms with Crippen LogP contribution >= 0.6 is 0 Å². The lowest BCUT2D eigenvalue weighted by Crippen LogP contribution is -2.39. The van der Waals surface area contributed by atoms with Crippen molar-refractivity contribution >= 4 is 17.5 Å². The number of nitrogen functional groups attached to an aromatic ring is 1. The summed E-state index contributed by atoms with van der Waals surface area (Å²) in [6, 6.07) is 7.43. The zero-order valence-electron chi connectivity index (χ0n) is 12.6. The van der Waals surface area contributed by atoms with E-state index in [1.54, 1.807) is 14.2 Å². The van der Waals surface area contributed by atoms with Crippen molar-refractivity contribution < 1.29 is 14.3 Å². The number of carbonyl (C=O) groups excluding carboxylic acids is 2. The van der Waals surface area contributed by atoms with Crippen molar-refractivity contribution in [1.82, 2.24) is 10.2 Å². The van der Waals surface area contributed by atoms with Gasteiger partial charge in [-0.25, -0.2) is 0 Å². The van der Waals surface area contributed by atoms with Crippen LogP contribution in [0.2, 0.25) is 0 Å². The number of methoxy groups -OCH3 is 1. The first-order chi connectivity index (χ1) is 10.0. The fraction of sp³-hybridized carbons (Fsp3) is 0.467. The first-order valence-corrected chi connectivity index (χ1v) is 6.87. The topological polar surface area (TPSA) is 84.7 Å². The molecular formula is C15H23N3O3. The number of nitrogens with two attached hydrogens (primary N) is 1. The van der Waals surface area contributed by atoms with Gasteiger partial charge in [0.2, 0.25) is 11.8 Å². The molecule has 0 saturated heterocycles. The van der Waals surface area contributed by atoms with Crippen LogP contribution in [0.15, 0.2) is 24.3 Å². The van der Waals surface area contributed by atoms with Crippen molar-refractivity contribution in [2.24, 2.45) is 0 Å². The monoisotopic (exact) mass is 293 g/mol. The summed E-state index contributed by atoms with van der Waals surface area (Å²) >= 11 is 0. The summed E-state index contributed by atoms with van der Waals surface area (Å²) in [6.07, 6.45) is 1.00. The molecule has 6 nitrogen and oxygen atoms in total. The third-order valence-electron chi connectivity index (χ3n) is 3.04. The van der Waals surface area contributed by atoms with Crippen LogP contribution in [0.4, 0.5) is 5.69 Å². The van der Waals surface area contributed by atoms with Crippen molar-refractivity contribution in [3.8, 4) is 0 Å². The van der Waals surface area contributed by atoms with Gasteiger partial charge >= 0.3 is 0 Å². The third-order valence-corrected chi connectivity index (χ3v) is 3.04. The van der Waals surface area contributed by atoms with Crippen molar-refractivity contribution in [3.05, 3.63) is 29.8 Å². The summed E-state index contributed by atoms with van der Waals surface area (Å²) in [4.78, 5) is 24.9. The fourth-order valence-corrected chi connectivity index (χ4v) is 1.78. The third kappa shape index (κ3) is 6.76. The quantitative estimate of drug-likeness (QED) is 0.537. The van der Waals surface area contributed by atoms with Crippen molar-refractivity contribution in [3.63, 3.8) is 0 Å². The lowest BCUT2D eigenvalue weighted by molar-refractivity contribution is -0.134. The average Bonchev–Trinajstić information content (AvgIpc) is 2.46. The number of nitrogens with zero attached hydrogens (tertiary/aromatic N) is 1. The van der Waals surface area contributed by atoms with Gasteiger partial charge in [0.1, 0.15) is 0 Å². The minimum Gasteiger partial charge on any atom is -0.399 e. The summed E-state index contributed by atoms with van der Waals surface area (Å²) in [6.45, 7) is 0.966. The molecular weight excluding hydrogens is 270 g/mol. The molecule has 0 aromatic heterocycles. The Morgan fingerprint density at radius 3 is 2.57 bits per heavy atom. The van der Waals surface area contributed by atoms with E-state index in [2.05, 4.69) is 5.32 Å². The Kier molecular flexibility index (Phi) is 7.25. The standard InChI is InChI=1S/C15H23N3O3/c1-18(11-14(19)17-9-10-21-2)15(20)8-5-12-3-6-13(16)7-4-12/h3-4,6-7H,5,8-11,16H2,1-2H3,(H,17,19). The number of aryl methyl sites for hydroxylation is 1. The molecule has 116 valence electrons. The summed E-state index contributed by atoms with van der Waals surface area (Å²) < 4.78 is 4.84. The number of nitrogens with one attached hydrogen (secondary N) is 1. The van der Waals surface area contributed by atoms with Gasteiger partial charge in [-0.2, -0.15) is 0 Å². The number of anilines is 1. The van der Waals surface area contributed by atoms with Crippen LogP contribution in [-0.4, -0.2) is 50.6 Å². The Morgan fingerprint density at radius 2 is 1.95 bits per heavy atom. The Labute approximate surface area is 125 Å². The van der Waals surface area contributed by atoms with E-state index >= 15 is 0 Å². The summed E-state index contributed by atoms with van der Waals surface area (Å²) in [5.41, 5.74) is 7.36. The fourth-order valence-electron chi connectivity index (χ4n) is 1.78. The normalized spacial score (nSPS) is 10.2. The van der Waals surface area contributed by atoms with Crippen LogP contribution in [0.3, 0.4) is 0 Å². The maximum atomic E-state index is 11.9. The van der Waals surface area contributed by atoms with Crippen molar-refractivity contribution in [2.45, 2.75) is 12.8 Å². The van der Waals surface area contributed by atoms with E-state index in [0.29, 0.717) is 31.7 Å². The Morgan fingerprint density at radius 1 is 1.29 bits per heavy atom. The molecule has 2 amide bonds. The van der Waals surface area contributed by atoms with Crippen LogP contribution in [0.5, 0.6) is 0 Å². The van der Waals surface area contributed by atoms with Crippen LogP contribution in [-0.2, 0) is 20.7 Å². The van der Waals surface area contributed by atoms with Gasteiger partial charge in [-0.05, 0) is 24.1 Å². The molecule has 0 aliphatic heterocycles. The van der Waals surface area contributed by atoms with Gasteiger partial charge in [-0.15, -0.1) is 0 Å². The second-order valence-corrected chi connectivity index (χ2v) is 4.83. The molecule has 0 aliphatic carbocycles. The molecule has 0 atom stereocenters. The summed E-state index contributed by atoms with van der Waals surface area (Å²) in [5.74, 6) is -0.246. The predicted molar refractivity (Wildman–Crippen MR) is 81.7 cm³/mol. The van der Waals surface area contributed by atoms with Gasteiger partial charge in [0.15, 0.2) is 0 Å². The Bertz CT molecular complexity index is 460. The molecule has 0 spiro atoms. The molecule has 0 unspecified atom stereocenters. The first kappa shape index (κ1) is 17.0. The molecule has 1 aromatic rings. The predicted octanol–water partition coefficient (Wildman–Crippen LogP) is 0.422. The van der Waals surface area contributed by atoms with Crippen molar-refractivity contribution in [2.75, 3.05) is 39.6 Å². The highest BCUT2D eigenvalue weighted by Gasteiger charge is 2.12. The van der Waals surface area contributed by atoms with Gasteiger partial charge in [-0.3, -0.25) is 9.59 Å². The molecule has 0 heterocycles. The molecule has 0 bridgehead atoms. The van der Waals surface area contributed by atoms with Crippen molar-refractivity contribution in [1.29, 1.82) is 0 Å². The molecule has 0 saturated carbocycles. The molecule has 0 aliphatic rings. The lowest BCUT2D eigenvalue weighted by atomic mass is 10.1. The zero-order valence-corrected chi connectivity index (χ0v) is 12.6. The van der Waals surface area contributed by atoms with Crippen LogP contribution < -0.4 is 11.1 Å². The highest BCUT2D eigenvalue weighted by Crippen LogP contribution is 2.08. The highest BCUT2D eigenvalue weighted by atomic mass is 16.5. The van der Waals surface area contributed by atoms with E-state index in [1.165, 1.54) is 4.90 Å². The summed E-state index contributed by atoms with van der Waals surface area (Å²) in [5, 5.41) is 2.68. The van der Waals surface area contributed by atoms with Gasteiger partial charge in [0.05, 0.1) is 13.2 Å². The number of carbonyl (C=O) groups is 2. The molecule has 1 rings (SSSR count). The van der Waals surface area contributed by atoms with Crippen LogP contribution in [0.1, 0.15) is 12.0 Å².